The molecule has 1 aliphatic carbocycles. The Morgan fingerprint density at radius 2 is 2.12 bits per heavy atom. The molecule has 0 unspecified atom stereocenters. The molecule has 88 valence electrons. The maximum atomic E-state index is 5.73. The van der Waals surface area contributed by atoms with Gasteiger partial charge in [-0.15, -0.1) is 0 Å². The number of hydrogen-bond donors (Lipinski definition) is 1. The monoisotopic (exact) mass is 236 g/mol. The fourth-order valence-electron chi connectivity index (χ4n) is 2.75. The Morgan fingerprint density at radius 3 is 2.69 bits per heavy atom. The van der Waals surface area contributed by atoms with Gasteiger partial charge in [0.1, 0.15) is 4.99 Å². The van der Waals surface area contributed by atoms with E-state index in [-0.39, 0.29) is 0 Å². The lowest BCUT2D eigenvalue weighted by Gasteiger charge is -2.30. The minimum absolute atomic E-state index is 0.516. The maximum absolute atomic E-state index is 5.73. The van der Waals surface area contributed by atoms with Gasteiger partial charge in [-0.1, -0.05) is 25.6 Å². The van der Waals surface area contributed by atoms with Crippen molar-refractivity contribution >= 4 is 17.2 Å². The van der Waals surface area contributed by atoms with Gasteiger partial charge in [0.15, 0.2) is 0 Å². The summed E-state index contributed by atoms with van der Waals surface area (Å²) in [5.41, 5.74) is 6.75. The highest BCUT2D eigenvalue weighted by Gasteiger charge is 2.22. The summed E-state index contributed by atoms with van der Waals surface area (Å²) < 4.78 is 2.27. The molecule has 1 heterocycles. The number of nitrogens with two attached hydrogens (primary N) is 1. The van der Waals surface area contributed by atoms with Crippen LogP contribution in [0.5, 0.6) is 0 Å². The van der Waals surface area contributed by atoms with Crippen LogP contribution in [-0.2, 0) is 0 Å². The predicted molar refractivity (Wildman–Crippen MR) is 71.6 cm³/mol. The van der Waals surface area contributed by atoms with E-state index < -0.39 is 0 Å². The molecule has 2 rings (SSSR count). The largest absolute Gasteiger partial charge is 0.388 e. The third-order valence-corrected chi connectivity index (χ3v) is 4.03. The first-order chi connectivity index (χ1) is 7.72. The van der Waals surface area contributed by atoms with E-state index in [0.717, 1.165) is 11.6 Å². The number of thiocarbonyl (C=S) groups is 1. The summed E-state index contributed by atoms with van der Waals surface area (Å²) in [4.78, 5) is 0.516. The van der Waals surface area contributed by atoms with Crippen LogP contribution >= 0.6 is 12.2 Å². The second-order valence-corrected chi connectivity index (χ2v) is 5.19. The summed E-state index contributed by atoms with van der Waals surface area (Å²) in [5, 5.41) is 0. The average Bonchev–Trinajstić information content (AvgIpc) is 2.78. The molecule has 0 atom stereocenters. The van der Waals surface area contributed by atoms with E-state index in [1.807, 2.05) is 12.1 Å². The van der Waals surface area contributed by atoms with Crippen molar-refractivity contribution in [2.45, 2.75) is 45.1 Å². The van der Waals surface area contributed by atoms with Crippen molar-refractivity contribution in [1.29, 1.82) is 0 Å². The minimum Gasteiger partial charge on any atom is -0.388 e. The fraction of sp³-hybridized carbons (Fsp3) is 0.615. The third-order valence-electron chi connectivity index (χ3n) is 3.82. The van der Waals surface area contributed by atoms with Crippen molar-refractivity contribution < 1.29 is 0 Å². The molecule has 0 saturated heterocycles. The lowest BCUT2D eigenvalue weighted by atomic mass is 9.84. The summed E-state index contributed by atoms with van der Waals surface area (Å²) in [7, 11) is 0. The van der Waals surface area contributed by atoms with Crippen molar-refractivity contribution in [2.24, 2.45) is 11.7 Å². The molecule has 0 aliphatic heterocycles. The number of aromatic nitrogens is 1. The van der Waals surface area contributed by atoms with E-state index in [4.69, 9.17) is 18.0 Å². The predicted octanol–water partition coefficient (Wildman–Crippen LogP) is 3.26. The van der Waals surface area contributed by atoms with Crippen LogP contribution in [0.1, 0.15) is 50.8 Å². The van der Waals surface area contributed by atoms with E-state index in [9.17, 15) is 0 Å². The summed E-state index contributed by atoms with van der Waals surface area (Å²) in [5.74, 6) is 0.931. The Labute approximate surface area is 103 Å². The molecule has 1 aliphatic rings. The summed E-state index contributed by atoms with van der Waals surface area (Å²) in [6.07, 6.45) is 8.66. The van der Waals surface area contributed by atoms with Crippen molar-refractivity contribution in [3.8, 4) is 0 Å². The molecular formula is C13H20N2S. The van der Waals surface area contributed by atoms with Crippen LogP contribution in [0.25, 0.3) is 0 Å². The first kappa shape index (κ1) is 11.6. The summed E-state index contributed by atoms with van der Waals surface area (Å²) in [6, 6.07) is 4.67. The van der Waals surface area contributed by atoms with E-state index in [1.54, 1.807) is 0 Å². The highest BCUT2D eigenvalue weighted by molar-refractivity contribution is 7.80. The number of hydrogen-bond acceptors (Lipinski definition) is 1. The van der Waals surface area contributed by atoms with Crippen LogP contribution < -0.4 is 5.73 Å². The molecule has 1 saturated carbocycles. The standard InChI is InChI=1S/C13H20N2S/c1-2-10-5-7-11(8-6-10)15-9-3-4-12(15)13(14)16/h3-4,9-11H,2,5-8H2,1H3,(H2,14,16). The molecule has 0 radical (unpaired) electrons. The van der Waals surface area contributed by atoms with Gasteiger partial charge in [-0.05, 0) is 43.7 Å². The molecule has 1 fully saturated rings. The van der Waals surface area contributed by atoms with Crippen LogP contribution in [0.4, 0.5) is 0 Å². The van der Waals surface area contributed by atoms with Gasteiger partial charge in [-0.3, -0.25) is 0 Å². The molecule has 16 heavy (non-hydrogen) atoms. The van der Waals surface area contributed by atoms with Crippen LogP contribution in [0.2, 0.25) is 0 Å². The Balaban J connectivity index is 2.08. The lowest BCUT2D eigenvalue weighted by molar-refractivity contribution is 0.269. The normalized spacial score (nSPS) is 25.6. The molecule has 2 nitrogen and oxygen atoms in total. The van der Waals surface area contributed by atoms with E-state index in [1.165, 1.54) is 32.1 Å². The lowest BCUT2D eigenvalue weighted by Crippen LogP contribution is -2.22. The summed E-state index contributed by atoms with van der Waals surface area (Å²) in [6.45, 7) is 2.29. The topological polar surface area (TPSA) is 30.9 Å². The molecule has 1 aromatic heterocycles. The molecular weight excluding hydrogens is 216 g/mol. The van der Waals surface area contributed by atoms with Gasteiger partial charge in [0.25, 0.3) is 0 Å². The van der Waals surface area contributed by atoms with Crippen molar-refractivity contribution in [3.63, 3.8) is 0 Å². The van der Waals surface area contributed by atoms with Crippen molar-refractivity contribution in [1.82, 2.24) is 4.57 Å². The van der Waals surface area contributed by atoms with Gasteiger partial charge in [-0.25, -0.2) is 0 Å². The Morgan fingerprint density at radius 1 is 1.44 bits per heavy atom. The summed E-state index contributed by atoms with van der Waals surface area (Å²) >= 11 is 5.08. The zero-order valence-corrected chi connectivity index (χ0v) is 10.7. The second kappa shape index (κ2) is 5.00. The van der Waals surface area contributed by atoms with E-state index >= 15 is 0 Å². The van der Waals surface area contributed by atoms with Crippen LogP contribution in [0, 0.1) is 5.92 Å². The molecule has 2 N–H and O–H groups in total. The SMILES string of the molecule is CCC1CCC(n2cccc2C(N)=S)CC1. The molecule has 1 aromatic rings. The second-order valence-electron chi connectivity index (χ2n) is 4.75. The first-order valence-electron chi connectivity index (χ1n) is 6.19. The highest BCUT2D eigenvalue weighted by Crippen LogP contribution is 2.34. The van der Waals surface area contributed by atoms with Gasteiger partial charge in [-0.2, -0.15) is 0 Å². The van der Waals surface area contributed by atoms with Crippen LogP contribution in [-0.4, -0.2) is 9.56 Å². The molecule has 0 amide bonds. The van der Waals surface area contributed by atoms with Gasteiger partial charge in [0.2, 0.25) is 0 Å². The maximum Gasteiger partial charge on any atom is 0.120 e. The number of nitrogens with zero attached hydrogens (tertiary/aromatic N) is 1. The van der Waals surface area contributed by atoms with Gasteiger partial charge >= 0.3 is 0 Å². The van der Waals surface area contributed by atoms with Crippen LogP contribution in [0.3, 0.4) is 0 Å². The van der Waals surface area contributed by atoms with E-state index in [0.29, 0.717) is 11.0 Å². The fourth-order valence-corrected chi connectivity index (χ4v) is 2.93. The van der Waals surface area contributed by atoms with Crippen molar-refractivity contribution in [3.05, 3.63) is 24.0 Å². The molecule has 0 aromatic carbocycles. The van der Waals surface area contributed by atoms with Gasteiger partial charge in [0.05, 0.1) is 5.69 Å². The first-order valence-corrected chi connectivity index (χ1v) is 6.59. The number of rotatable bonds is 3. The minimum atomic E-state index is 0.516. The Kier molecular flexibility index (Phi) is 3.64. The average molecular weight is 236 g/mol. The molecule has 0 spiro atoms. The van der Waals surface area contributed by atoms with Gasteiger partial charge < -0.3 is 10.3 Å². The third kappa shape index (κ3) is 2.29. The molecule has 3 heteroatoms. The molecule has 0 bridgehead atoms. The Bertz CT molecular complexity index is 362. The smallest absolute Gasteiger partial charge is 0.120 e. The zero-order valence-electron chi connectivity index (χ0n) is 9.86. The van der Waals surface area contributed by atoms with E-state index in [2.05, 4.69) is 17.7 Å². The quantitative estimate of drug-likeness (QED) is 0.817. The highest BCUT2D eigenvalue weighted by atomic mass is 32.1. The van der Waals surface area contributed by atoms with Crippen LogP contribution in [0.15, 0.2) is 18.3 Å². The van der Waals surface area contributed by atoms with Crippen molar-refractivity contribution in [2.75, 3.05) is 0 Å². The van der Waals surface area contributed by atoms with Gasteiger partial charge in [0, 0.05) is 12.2 Å². The Hall–Kier alpha value is -0.830. The zero-order chi connectivity index (χ0) is 11.5.